The number of carbonyl (C=O) groups is 1. The number of alkyl halides is 3. The summed E-state index contributed by atoms with van der Waals surface area (Å²) in [6, 6.07) is 10.6. The van der Waals surface area contributed by atoms with Crippen LogP contribution in [0, 0.1) is 6.92 Å². The molecule has 0 radical (unpaired) electrons. The molecule has 1 atom stereocenters. The minimum absolute atomic E-state index is 0.00452. The van der Waals surface area contributed by atoms with Crippen molar-refractivity contribution in [2.45, 2.75) is 32.0 Å². The molecule has 5 nitrogen and oxygen atoms in total. The number of rotatable bonds is 6. The Balaban J connectivity index is 1.50. The van der Waals surface area contributed by atoms with E-state index in [0.717, 1.165) is 27.8 Å². The number of hydrogen-bond acceptors (Lipinski definition) is 5. The fourth-order valence-corrected chi connectivity index (χ4v) is 4.48. The van der Waals surface area contributed by atoms with Gasteiger partial charge in [0.2, 0.25) is 0 Å². The lowest BCUT2D eigenvalue weighted by Gasteiger charge is -2.10. The molecule has 0 fully saturated rings. The van der Waals surface area contributed by atoms with Crippen molar-refractivity contribution in [2.75, 3.05) is 6.61 Å². The van der Waals surface area contributed by atoms with Gasteiger partial charge in [0.1, 0.15) is 23.1 Å². The Bertz CT molecular complexity index is 1130. The number of ether oxygens (including phenoxy) is 2. The lowest BCUT2D eigenvalue weighted by Crippen LogP contribution is -2.07. The molecule has 0 saturated heterocycles. The van der Waals surface area contributed by atoms with Crippen LogP contribution in [0.4, 0.5) is 13.2 Å². The summed E-state index contributed by atoms with van der Waals surface area (Å²) in [6.45, 7) is 2.19. The Hall–Kier alpha value is -3.07. The number of aliphatic carboxylic acids is 1. The van der Waals surface area contributed by atoms with Gasteiger partial charge < -0.3 is 14.6 Å². The predicted molar refractivity (Wildman–Crippen MR) is 109 cm³/mol. The fourth-order valence-electron chi connectivity index (χ4n) is 3.47. The molecule has 31 heavy (non-hydrogen) atoms. The van der Waals surface area contributed by atoms with Gasteiger partial charge in [-0.3, -0.25) is 4.79 Å². The van der Waals surface area contributed by atoms with Gasteiger partial charge in [-0.05, 0) is 19.1 Å². The number of benzene rings is 2. The van der Waals surface area contributed by atoms with E-state index in [1.54, 1.807) is 31.2 Å². The molecule has 2 aromatic carbocycles. The standard InChI is InChI=1S/C22H18F3NO4S/c1-12-19(31-21(26-12)16-4-2-3-5-17(16)22(23,24)25)11-29-14-6-7-15-13(8-20(27)28)10-30-18(15)9-14/h2-7,9,13H,8,10-11H2,1H3,(H,27,28). The molecule has 1 aliphatic rings. The van der Waals surface area contributed by atoms with Gasteiger partial charge in [-0.2, -0.15) is 13.2 Å². The second-order valence-electron chi connectivity index (χ2n) is 7.17. The predicted octanol–water partition coefficient (Wildman–Crippen LogP) is 5.67. The monoisotopic (exact) mass is 449 g/mol. The largest absolute Gasteiger partial charge is 0.492 e. The van der Waals surface area contributed by atoms with Gasteiger partial charge in [0.05, 0.1) is 29.2 Å². The van der Waals surface area contributed by atoms with Gasteiger partial charge in [-0.15, -0.1) is 11.3 Å². The van der Waals surface area contributed by atoms with Crippen LogP contribution < -0.4 is 9.47 Å². The summed E-state index contributed by atoms with van der Waals surface area (Å²) in [5, 5.41) is 9.28. The number of thiazole rings is 1. The first-order chi connectivity index (χ1) is 14.7. The number of hydrogen-bond donors (Lipinski definition) is 1. The van der Waals surface area contributed by atoms with Crippen molar-refractivity contribution in [3.05, 3.63) is 64.2 Å². The van der Waals surface area contributed by atoms with E-state index in [9.17, 15) is 18.0 Å². The molecule has 1 unspecified atom stereocenters. The van der Waals surface area contributed by atoms with Crippen LogP contribution in [0.5, 0.6) is 11.5 Å². The highest BCUT2D eigenvalue weighted by molar-refractivity contribution is 7.15. The van der Waals surface area contributed by atoms with Gasteiger partial charge >= 0.3 is 12.1 Å². The maximum Gasteiger partial charge on any atom is 0.417 e. The molecule has 3 aromatic rings. The van der Waals surface area contributed by atoms with Crippen LogP contribution in [-0.4, -0.2) is 22.7 Å². The number of nitrogens with zero attached hydrogens (tertiary/aromatic N) is 1. The summed E-state index contributed by atoms with van der Waals surface area (Å²) in [7, 11) is 0. The van der Waals surface area contributed by atoms with Gasteiger partial charge in [-0.1, -0.05) is 24.3 Å². The Kier molecular flexibility index (Phi) is 5.62. The topological polar surface area (TPSA) is 68.7 Å². The molecular formula is C22H18F3NO4S. The van der Waals surface area contributed by atoms with E-state index in [-0.39, 0.29) is 29.5 Å². The lowest BCUT2D eigenvalue weighted by atomic mass is 9.98. The SMILES string of the molecule is Cc1nc(-c2ccccc2C(F)(F)F)sc1COc1ccc2c(c1)OCC2CC(=O)O. The number of carboxylic acids is 1. The third-order valence-electron chi connectivity index (χ3n) is 5.01. The third kappa shape index (κ3) is 4.51. The van der Waals surface area contributed by atoms with Crippen LogP contribution in [0.1, 0.15) is 34.0 Å². The second-order valence-corrected chi connectivity index (χ2v) is 8.25. The fraction of sp³-hybridized carbons (Fsp3) is 0.273. The first-order valence-corrected chi connectivity index (χ1v) is 10.3. The van der Waals surface area contributed by atoms with Crippen LogP contribution in [0.3, 0.4) is 0 Å². The molecule has 0 bridgehead atoms. The Morgan fingerprint density at radius 1 is 1.29 bits per heavy atom. The van der Waals surface area contributed by atoms with Crippen molar-refractivity contribution >= 4 is 17.3 Å². The highest BCUT2D eigenvalue weighted by atomic mass is 32.1. The summed E-state index contributed by atoms with van der Waals surface area (Å²) in [4.78, 5) is 16.0. The zero-order valence-corrected chi connectivity index (χ0v) is 17.2. The summed E-state index contributed by atoms with van der Waals surface area (Å²) >= 11 is 1.16. The first kappa shape index (κ1) is 21.2. The molecule has 4 rings (SSSR count). The summed E-state index contributed by atoms with van der Waals surface area (Å²) in [5.74, 6) is 0.0382. The van der Waals surface area contributed by atoms with E-state index in [0.29, 0.717) is 23.8 Å². The molecule has 2 heterocycles. The average Bonchev–Trinajstić information content (AvgIpc) is 3.28. The van der Waals surface area contributed by atoms with Gasteiger partial charge in [0.15, 0.2) is 0 Å². The van der Waals surface area contributed by atoms with Gasteiger partial charge in [0, 0.05) is 23.1 Å². The Morgan fingerprint density at radius 3 is 2.81 bits per heavy atom. The van der Waals surface area contributed by atoms with Crippen LogP contribution in [0.15, 0.2) is 42.5 Å². The van der Waals surface area contributed by atoms with Gasteiger partial charge in [0.25, 0.3) is 0 Å². The van der Waals surface area contributed by atoms with Crippen LogP contribution in [-0.2, 0) is 17.6 Å². The normalized spacial score (nSPS) is 15.4. The lowest BCUT2D eigenvalue weighted by molar-refractivity contribution is -0.138. The quantitative estimate of drug-likeness (QED) is 0.525. The molecule has 0 spiro atoms. The van der Waals surface area contributed by atoms with Crippen molar-refractivity contribution in [2.24, 2.45) is 0 Å². The Labute approximate surface area is 180 Å². The number of aromatic nitrogens is 1. The van der Waals surface area contributed by atoms with E-state index in [4.69, 9.17) is 14.6 Å². The molecular weight excluding hydrogens is 431 g/mol. The molecule has 0 amide bonds. The third-order valence-corrected chi connectivity index (χ3v) is 6.18. The van der Waals surface area contributed by atoms with Crippen LogP contribution in [0.2, 0.25) is 0 Å². The van der Waals surface area contributed by atoms with Crippen LogP contribution in [0.25, 0.3) is 10.6 Å². The number of carboxylic acid groups (broad SMARTS) is 1. The van der Waals surface area contributed by atoms with E-state index in [1.165, 1.54) is 12.1 Å². The highest BCUT2D eigenvalue weighted by Crippen LogP contribution is 2.40. The summed E-state index contributed by atoms with van der Waals surface area (Å²) in [6.07, 6.45) is -4.47. The molecule has 1 aliphatic heterocycles. The van der Waals surface area contributed by atoms with E-state index >= 15 is 0 Å². The number of aryl methyl sites for hydroxylation is 1. The second kappa shape index (κ2) is 8.22. The molecule has 1 N–H and O–H groups in total. The molecule has 1 aromatic heterocycles. The number of halogens is 3. The first-order valence-electron chi connectivity index (χ1n) is 9.46. The smallest absolute Gasteiger partial charge is 0.417 e. The Morgan fingerprint density at radius 2 is 2.06 bits per heavy atom. The van der Waals surface area contributed by atoms with Crippen molar-refractivity contribution in [1.29, 1.82) is 0 Å². The minimum atomic E-state index is -4.46. The minimum Gasteiger partial charge on any atom is -0.492 e. The van der Waals surface area contributed by atoms with Crippen LogP contribution >= 0.6 is 11.3 Å². The maximum atomic E-state index is 13.3. The molecule has 0 saturated carbocycles. The van der Waals surface area contributed by atoms with E-state index in [1.807, 2.05) is 0 Å². The van der Waals surface area contributed by atoms with E-state index in [2.05, 4.69) is 4.98 Å². The summed E-state index contributed by atoms with van der Waals surface area (Å²) in [5.41, 5.74) is 0.762. The van der Waals surface area contributed by atoms with Crippen molar-refractivity contribution in [1.82, 2.24) is 4.98 Å². The van der Waals surface area contributed by atoms with Crippen molar-refractivity contribution in [3.63, 3.8) is 0 Å². The zero-order chi connectivity index (χ0) is 22.2. The average molecular weight is 449 g/mol. The van der Waals surface area contributed by atoms with Crippen molar-refractivity contribution < 1.29 is 32.5 Å². The number of fused-ring (bicyclic) bond motifs is 1. The van der Waals surface area contributed by atoms with E-state index < -0.39 is 17.7 Å². The maximum absolute atomic E-state index is 13.3. The van der Waals surface area contributed by atoms with Gasteiger partial charge in [-0.25, -0.2) is 4.98 Å². The molecule has 162 valence electrons. The zero-order valence-electron chi connectivity index (χ0n) is 16.4. The molecule has 0 aliphatic carbocycles. The molecule has 9 heteroatoms. The van der Waals surface area contributed by atoms with Crippen molar-refractivity contribution in [3.8, 4) is 22.1 Å². The summed E-state index contributed by atoms with van der Waals surface area (Å²) < 4.78 is 51.4. The highest BCUT2D eigenvalue weighted by Gasteiger charge is 2.34.